The van der Waals surface area contributed by atoms with Crippen molar-refractivity contribution in [2.24, 2.45) is 0 Å². The van der Waals surface area contributed by atoms with E-state index >= 15 is 0 Å². The molecule has 0 aliphatic carbocycles. The van der Waals surface area contributed by atoms with E-state index in [1.54, 1.807) is 10.9 Å². The molecule has 0 unspecified atom stereocenters. The van der Waals surface area contributed by atoms with Crippen LogP contribution in [0.15, 0.2) is 59.5 Å². The van der Waals surface area contributed by atoms with Crippen molar-refractivity contribution in [3.05, 3.63) is 81.4 Å². The normalized spacial score (nSPS) is 13.8. The zero-order valence-corrected chi connectivity index (χ0v) is 16.6. The number of H-pyrrole nitrogens is 2. The summed E-state index contributed by atoms with van der Waals surface area (Å²) in [6, 6.07) is 15.6. The van der Waals surface area contributed by atoms with Crippen molar-refractivity contribution in [2.45, 2.75) is 13.0 Å². The maximum atomic E-state index is 12.7. The lowest BCUT2D eigenvalue weighted by Crippen LogP contribution is -2.33. The second-order valence-corrected chi connectivity index (χ2v) is 7.90. The molecule has 0 atom stereocenters. The molecule has 0 saturated carbocycles. The van der Waals surface area contributed by atoms with Gasteiger partial charge in [-0.25, -0.2) is 4.68 Å². The van der Waals surface area contributed by atoms with Crippen LogP contribution in [-0.4, -0.2) is 31.3 Å². The van der Waals surface area contributed by atoms with E-state index in [1.807, 2.05) is 48.5 Å². The number of fused-ring (bicyclic) bond motifs is 4. The van der Waals surface area contributed by atoms with Crippen molar-refractivity contribution in [1.82, 2.24) is 24.7 Å². The summed E-state index contributed by atoms with van der Waals surface area (Å²) in [7, 11) is 0. The Kier molecular flexibility index (Phi) is 3.73. The number of aromatic amines is 2. The van der Waals surface area contributed by atoms with Crippen LogP contribution in [-0.2, 0) is 13.0 Å². The molecule has 5 aromatic rings. The average Bonchev–Trinajstić information content (AvgIpc) is 3.35. The van der Waals surface area contributed by atoms with Crippen LogP contribution in [0.4, 0.5) is 5.95 Å². The highest BCUT2D eigenvalue weighted by Gasteiger charge is 2.23. The Balaban J connectivity index is 1.46. The van der Waals surface area contributed by atoms with E-state index in [2.05, 4.69) is 20.0 Å². The van der Waals surface area contributed by atoms with Crippen LogP contribution < -0.4 is 10.5 Å². The summed E-state index contributed by atoms with van der Waals surface area (Å²) in [5.41, 5.74) is 4.70. The fourth-order valence-corrected chi connectivity index (χ4v) is 4.35. The molecule has 3 aromatic heterocycles. The van der Waals surface area contributed by atoms with E-state index < -0.39 is 0 Å². The van der Waals surface area contributed by atoms with Gasteiger partial charge in [0, 0.05) is 46.7 Å². The highest BCUT2D eigenvalue weighted by atomic mass is 35.5. The van der Waals surface area contributed by atoms with Gasteiger partial charge in [0.25, 0.3) is 5.56 Å². The third-order valence-corrected chi connectivity index (χ3v) is 5.90. The fraction of sp³-hybridized carbons (Fsp3) is 0.136. The van der Waals surface area contributed by atoms with Gasteiger partial charge in [0.2, 0.25) is 5.95 Å². The lowest BCUT2D eigenvalue weighted by molar-refractivity contribution is 0.702. The first-order valence-corrected chi connectivity index (χ1v) is 10.1. The number of benzene rings is 2. The first-order chi connectivity index (χ1) is 14.7. The molecule has 0 bridgehead atoms. The van der Waals surface area contributed by atoms with Gasteiger partial charge in [-0.1, -0.05) is 29.8 Å². The molecule has 1 aliphatic rings. The number of anilines is 1. The Labute approximate surface area is 175 Å². The van der Waals surface area contributed by atoms with Gasteiger partial charge in [0.15, 0.2) is 5.65 Å². The standard InChI is InChI=1S/C22H17ClN6O/c23-13-6-7-18-15(10-13)17-12-28(9-8-19(17)25-18)22-26-20-16(21(30)27-22)11-24-29(20)14-4-2-1-3-5-14/h1-7,10-11,25H,8-9,12H2,(H,26,27,30). The quantitative estimate of drug-likeness (QED) is 0.458. The molecule has 0 saturated heterocycles. The third kappa shape index (κ3) is 2.63. The maximum absolute atomic E-state index is 12.7. The van der Waals surface area contributed by atoms with E-state index in [9.17, 15) is 4.79 Å². The minimum Gasteiger partial charge on any atom is -0.358 e. The first kappa shape index (κ1) is 17.3. The van der Waals surface area contributed by atoms with Crippen LogP contribution in [0, 0.1) is 0 Å². The molecule has 7 nitrogen and oxygen atoms in total. The summed E-state index contributed by atoms with van der Waals surface area (Å²) in [4.78, 5) is 26.1. The SMILES string of the molecule is O=c1[nH]c(N2CCc3[nH]c4ccc(Cl)cc4c3C2)nc2c1cnn2-c1ccccc1. The molecule has 0 amide bonds. The number of aromatic nitrogens is 5. The van der Waals surface area contributed by atoms with Gasteiger partial charge >= 0.3 is 0 Å². The van der Waals surface area contributed by atoms with Crippen molar-refractivity contribution in [3.63, 3.8) is 0 Å². The molecule has 8 heteroatoms. The summed E-state index contributed by atoms with van der Waals surface area (Å²) < 4.78 is 1.70. The van der Waals surface area contributed by atoms with E-state index in [1.165, 1.54) is 11.3 Å². The van der Waals surface area contributed by atoms with E-state index in [0.717, 1.165) is 29.6 Å². The molecule has 6 rings (SSSR count). The predicted octanol–water partition coefficient (Wildman–Crippen LogP) is 3.81. The summed E-state index contributed by atoms with van der Waals surface area (Å²) >= 11 is 6.22. The number of hydrogen-bond donors (Lipinski definition) is 2. The number of nitrogens with zero attached hydrogens (tertiary/aromatic N) is 4. The van der Waals surface area contributed by atoms with Crippen LogP contribution in [0.25, 0.3) is 27.6 Å². The second kappa shape index (κ2) is 6.47. The molecule has 30 heavy (non-hydrogen) atoms. The van der Waals surface area contributed by atoms with Gasteiger partial charge in [0.05, 0.1) is 11.9 Å². The van der Waals surface area contributed by atoms with Gasteiger partial charge in [0.1, 0.15) is 5.39 Å². The summed E-state index contributed by atoms with van der Waals surface area (Å²) in [6.45, 7) is 1.39. The Morgan fingerprint density at radius 3 is 2.77 bits per heavy atom. The maximum Gasteiger partial charge on any atom is 0.263 e. The predicted molar refractivity (Wildman–Crippen MR) is 118 cm³/mol. The molecule has 2 N–H and O–H groups in total. The van der Waals surface area contributed by atoms with E-state index in [4.69, 9.17) is 16.6 Å². The molecule has 148 valence electrons. The zero-order valence-electron chi connectivity index (χ0n) is 15.9. The Morgan fingerprint density at radius 2 is 1.90 bits per heavy atom. The molecule has 0 fully saturated rings. The molecule has 4 heterocycles. The topological polar surface area (TPSA) is 82.6 Å². The van der Waals surface area contributed by atoms with Gasteiger partial charge in [-0.3, -0.25) is 9.78 Å². The van der Waals surface area contributed by atoms with Crippen LogP contribution in [0.1, 0.15) is 11.3 Å². The van der Waals surface area contributed by atoms with Gasteiger partial charge in [-0.15, -0.1) is 0 Å². The lowest BCUT2D eigenvalue weighted by atomic mass is 10.0. The average molecular weight is 417 g/mol. The molecule has 1 aliphatic heterocycles. The van der Waals surface area contributed by atoms with Gasteiger partial charge in [-0.05, 0) is 30.3 Å². The smallest absolute Gasteiger partial charge is 0.263 e. The summed E-state index contributed by atoms with van der Waals surface area (Å²) in [5.74, 6) is 0.548. The molecule has 0 spiro atoms. The number of halogens is 1. The number of hydrogen-bond acceptors (Lipinski definition) is 4. The minimum atomic E-state index is -0.190. The van der Waals surface area contributed by atoms with Crippen LogP contribution in [0.5, 0.6) is 0 Å². The number of rotatable bonds is 2. The Bertz CT molecular complexity index is 1470. The van der Waals surface area contributed by atoms with Crippen molar-refractivity contribution in [3.8, 4) is 5.69 Å². The third-order valence-electron chi connectivity index (χ3n) is 5.66. The van der Waals surface area contributed by atoms with E-state index in [0.29, 0.717) is 28.5 Å². The van der Waals surface area contributed by atoms with Crippen LogP contribution >= 0.6 is 11.6 Å². The van der Waals surface area contributed by atoms with Gasteiger partial charge in [-0.2, -0.15) is 10.1 Å². The number of nitrogens with one attached hydrogen (secondary N) is 2. The first-order valence-electron chi connectivity index (χ1n) is 9.75. The molecule has 2 aromatic carbocycles. The molecular formula is C22H17ClN6O. The van der Waals surface area contributed by atoms with Crippen molar-refractivity contribution in [1.29, 1.82) is 0 Å². The monoisotopic (exact) mass is 416 g/mol. The Morgan fingerprint density at radius 1 is 1.03 bits per heavy atom. The summed E-state index contributed by atoms with van der Waals surface area (Å²) in [6.07, 6.45) is 2.40. The van der Waals surface area contributed by atoms with Crippen molar-refractivity contribution >= 4 is 39.5 Å². The second-order valence-electron chi connectivity index (χ2n) is 7.46. The van der Waals surface area contributed by atoms with Crippen LogP contribution in [0.3, 0.4) is 0 Å². The fourth-order valence-electron chi connectivity index (χ4n) is 4.18. The largest absolute Gasteiger partial charge is 0.358 e. The molecule has 0 radical (unpaired) electrons. The van der Waals surface area contributed by atoms with Crippen molar-refractivity contribution in [2.75, 3.05) is 11.4 Å². The number of para-hydroxylation sites is 1. The zero-order chi connectivity index (χ0) is 20.2. The summed E-state index contributed by atoms with van der Waals surface area (Å²) in [5, 5.41) is 6.68. The highest BCUT2D eigenvalue weighted by Crippen LogP contribution is 2.31. The van der Waals surface area contributed by atoms with Gasteiger partial charge < -0.3 is 9.88 Å². The minimum absolute atomic E-state index is 0.190. The highest BCUT2D eigenvalue weighted by molar-refractivity contribution is 6.31. The van der Waals surface area contributed by atoms with E-state index in [-0.39, 0.29) is 5.56 Å². The van der Waals surface area contributed by atoms with Crippen molar-refractivity contribution < 1.29 is 0 Å². The lowest BCUT2D eigenvalue weighted by Gasteiger charge is -2.27. The van der Waals surface area contributed by atoms with Crippen LogP contribution in [0.2, 0.25) is 5.02 Å². The Hall–Kier alpha value is -3.58. The molecular weight excluding hydrogens is 400 g/mol.